The van der Waals surface area contributed by atoms with E-state index in [1.165, 1.54) is 6.39 Å². The number of rotatable bonds is 2. The zero-order chi connectivity index (χ0) is 9.97. The van der Waals surface area contributed by atoms with Crippen LogP contribution in [0.5, 0.6) is 0 Å². The van der Waals surface area contributed by atoms with Crippen molar-refractivity contribution in [2.45, 2.75) is 6.92 Å². The van der Waals surface area contributed by atoms with Crippen molar-refractivity contribution in [3.63, 3.8) is 0 Å². The van der Waals surface area contributed by atoms with E-state index in [-0.39, 0.29) is 0 Å². The molecule has 0 N–H and O–H groups in total. The first-order valence-electron chi connectivity index (χ1n) is 4.31. The first kappa shape index (κ1) is 8.69. The molecule has 14 heavy (non-hydrogen) atoms. The van der Waals surface area contributed by atoms with Crippen molar-refractivity contribution in [1.29, 1.82) is 0 Å². The van der Waals surface area contributed by atoms with Gasteiger partial charge in [0, 0.05) is 5.56 Å². The summed E-state index contributed by atoms with van der Waals surface area (Å²) in [5, 5.41) is 7.47. The molecule has 70 valence electrons. The van der Waals surface area contributed by atoms with Crippen molar-refractivity contribution >= 4 is 6.08 Å². The molecule has 3 heteroatoms. The van der Waals surface area contributed by atoms with Gasteiger partial charge in [0.25, 0.3) is 0 Å². The van der Waals surface area contributed by atoms with Gasteiger partial charge < -0.3 is 4.42 Å². The van der Waals surface area contributed by atoms with Crippen LogP contribution < -0.4 is 0 Å². The molecule has 0 aliphatic rings. The normalized spacial score (nSPS) is 10.1. The predicted molar refractivity (Wildman–Crippen MR) is 54.6 cm³/mol. The van der Waals surface area contributed by atoms with Crippen molar-refractivity contribution in [2.24, 2.45) is 0 Å². The molecule has 0 amide bonds. The topological polar surface area (TPSA) is 38.9 Å². The summed E-state index contributed by atoms with van der Waals surface area (Å²) in [4.78, 5) is 0. The van der Waals surface area contributed by atoms with E-state index in [1.54, 1.807) is 0 Å². The number of aryl methyl sites for hydroxylation is 1. The van der Waals surface area contributed by atoms with E-state index >= 15 is 0 Å². The molecule has 0 bridgehead atoms. The van der Waals surface area contributed by atoms with E-state index in [1.807, 2.05) is 31.2 Å². The maximum atomic E-state index is 5.10. The molecule has 1 aromatic carbocycles. The highest BCUT2D eigenvalue weighted by atomic mass is 16.4. The van der Waals surface area contributed by atoms with Crippen LogP contribution >= 0.6 is 0 Å². The molecule has 1 heterocycles. The van der Waals surface area contributed by atoms with Crippen LogP contribution in [0.25, 0.3) is 17.5 Å². The second kappa shape index (κ2) is 3.46. The third-order valence-corrected chi connectivity index (χ3v) is 2.10. The summed E-state index contributed by atoms with van der Waals surface area (Å²) in [6.45, 7) is 5.76. The summed E-state index contributed by atoms with van der Waals surface area (Å²) in [7, 11) is 0. The molecular weight excluding hydrogens is 176 g/mol. The van der Waals surface area contributed by atoms with Gasteiger partial charge >= 0.3 is 0 Å². The third kappa shape index (κ3) is 1.44. The van der Waals surface area contributed by atoms with Crippen LogP contribution in [0.1, 0.15) is 11.1 Å². The van der Waals surface area contributed by atoms with Crippen LogP contribution in [0.4, 0.5) is 0 Å². The van der Waals surface area contributed by atoms with Gasteiger partial charge in [-0.1, -0.05) is 18.7 Å². The van der Waals surface area contributed by atoms with Crippen LogP contribution in [0.3, 0.4) is 0 Å². The molecule has 0 radical (unpaired) electrons. The lowest BCUT2D eigenvalue weighted by Crippen LogP contribution is -1.83. The minimum absolute atomic E-state index is 0.545. The van der Waals surface area contributed by atoms with Crippen molar-refractivity contribution < 1.29 is 4.42 Å². The molecule has 0 spiro atoms. The molecule has 0 unspecified atom stereocenters. The summed E-state index contributed by atoms with van der Waals surface area (Å²) in [5.74, 6) is 0.545. The van der Waals surface area contributed by atoms with E-state index in [2.05, 4.69) is 16.8 Å². The van der Waals surface area contributed by atoms with Crippen molar-refractivity contribution in [2.75, 3.05) is 0 Å². The van der Waals surface area contributed by atoms with Gasteiger partial charge in [-0.2, -0.15) is 0 Å². The summed E-state index contributed by atoms with van der Waals surface area (Å²) < 4.78 is 5.10. The fraction of sp³-hybridized carbons (Fsp3) is 0.0909. The molecule has 3 nitrogen and oxygen atoms in total. The summed E-state index contributed by atoms with van der Waals surface area (Å²) >= 11 is 0. The van der Waals surface area contributed by atoms with E-state index in [0.717, 1.165) is 16.7 Å². The lowest BCUT2D eigenvalue weighted by molar-refractivity contribution is 0.568. The fourth-order valence-corrected chi connectivity index (χ4v) is 1.34. The number of hydrogen-bond donors (Lipinski definition) is 0. The van der Waals surface area contributed by atoms with Crippen molar-refractivity contribution in [3.05, 3.63) is 42.3 Å². The van der Waals surface area contributed by atoms with Gasteiger partial charge in [-0.3, -0.25) is 0 Å². The van der Waals surface area contributed by atoms with Crippen LogP contribution in [0.15, 0.2) is 35.6 Å². The molecular formula is C11H10N2O. The highest BCUT2D eigenvalue weighted by molar-refractivity contribution is 5.61. The molecule has 0 atom stereocenters. The average Bonchev–Trinajstić information content (AvgIpc) is 2.70. The fourth-order valence-electron chi connectivity index (χ4n) is 1.34. The molecule has 2 rings (SSSR count). The number of benzene rings is 1. The molecule has 0 aliphatic heterocycles. The Labute approximate surface area is 82.1 Å². The monoisotopic (exact) mass is 186 g/mol. The van der Waals surface area contributed by atoms with Crippen LogP contribution in [-0.4, -0.2) is 10.2 Å². The highest BCUT2D eigenvalue weighted by Crippen LogP contribution is 2.20. The SMILES string of the molecule is C=Cc1ccc(-c2nnco2)cc1C. The Bertz CT molecular complexity index is 446. The molecule has 2 aromatic rings. The Balaban J connectivity index is 2.48. The largest absolute Gasteiger partial charge is 0.423 e. The van der Waals surface area contributed by atoms with Gasteiger partial charge in [0.2, 0.25) is 12.3 Å². The molecule has 0 fully saturated rings. The number of aromatic nitrogens is 2. The zero-order valence-corrected chi connectivity index (χ0v) is 7.90. The lowest BCUT2D eigenvalue weighted by atomic mass is 10.1. The Morgan fingerprint density at radius 2 is 2.29 bits per heavy atom. The predicted octanol–water partition coefficient (Wildman–Crippen LogP) is 2.69. The zero-order valence-electron chi connectivity index (χ0n) is 7.90. The molecule has 0 saturated heterocycles. The van der Waals surface area contributed by atoms with Gasteiger partial charge in [-0.15, -0.1) is 10.2 Å². The molecule has 0 aliphatic carbocycles. The Hall–Kier alpha value is -1.90. The third-order valence-electron chi connectivity index (χ3n) is 2.10. The first-order chi connectivity index (χ1) is 6.81. The Morgan fingerprint density at radius 3 is 2.86 bits per heavy atom. The first-order valence-corrected chi connectivity index (χ1v) is 4.31. The van der Waals surface area contributed by atoms with Crippen molar-refractivity contribution in [3.8, 4) is 11.5 Å². The Kier molecular flexibility index (Phi) is 2.14. The second-order valence-corrected chi connectivity index (χ2v) is 3.02. The van der Waals surface area contributed by atoms with Gasteiger partial charge in [0.15, 0.2) is 0 Å². The highest BCUT2D eigenvalue weighted by Gasteiger charge is 2.04. The average molecular weight is 186 g/mol. The maximum Gasteiger partial charge on any atom is 0.247 e. The second-order valence-electron chi connectivity index (χ2n) is 3.02. The maximum absolute atomic E-state index is 5.10. The van der Waals surface area contributed by atoms with Gasteiger partial charge in [0.1, 0.15) is 0 Å². The van der Waals surface area contributed by atoms with E-state index in [4.69, 9.17) is 4.42 Å². The minimum Gasteiger partial charge on any atom is -0.423 e. The van der Waals surface area contributed by atoms with E-state index in [9.17, 15) is 0 Å². The Morgan fingerprint density at radius 1 is 1.43 bits per heavy atom. The molecule has 0 saturated carbocycles. The summed E-state index contributed by atoms with van der Waals surface area (Å²) in [6.07, 6.45) is 3.15. The van der Waals surface area contributed by atoms with E-state index in [0.29, 0.717) is 5.89 Å². The minimum atomic E-state index is 0.545. The summed E-state index contributed by atoms with van der Waals surface area (Å²) in [5.41, 5.74) is 3.20. The molecule has 1 aromatic heterocycles. The number of nitrogens with zero attached hydrogens (tertiary/aromatic N) is 2. The van der Waals surface area contributed by atoms with Crippen LogP contribution in [-0.2, 0) is 0 Å². The van der Waals surface area contributed by atoms with Gasteiger partial charge in [-0.25, -0.2) is 0 Å². The standard InChI is InChI=1S/C11H10N2O/c1-3-9-4-5-10(6-8(9)2)11-13-12-7-14-11/h3-7H,1H2,2H3. The quantitative estimate of drug-likeness (QED) is 0.723. The summed E-state index contributed by atoms with van der Waals surface area (Å²) in [6, 6.07) is 5.93. The van der Waals surface area contributed by atoms with Gasteiger partial charge in [0.05, 0.1) is 0 Å². The van der Waals surface area contributed by atoms with Crippen molar-refractivity contribution in [1.82, 2.24) is 10.2 Å². The van der Waals surface area contributed by atoms with Crippen LogP contribution in [0, 0.1) is 6.92 Å². The smallest absolute Gasteiger partial charge is 0.247 e. The lowest BCUT2D eigenvalue weighted by Gasteiger charge is -2.01. The number of hydrogen-bond acceptors (Lipinski definition) is 3. The van der Waals surface area contributed by atoms with E-state index < -0.39 is 0 Å². The van der Waals surface area contributed by atoms with Crippen LogP contribution in [0.2, 0.25) is 0 Å². The van der Waals surface area contributed by atoms with Gasteiger partial charge in [-0.05, 0) is 30.2 Å².